The highest BCUT2D eigenvalue weighted by Gasteiger charge is 2.09. The molecule has 1 rings (SSSR count). The Morgan fingerprint density at radius 1 is 1.83 bits per heavy atom. The van der Waals surface area contributed by atoms with Crippen LogP contribution >= 0.6 is 27.3 Å². The molecule has 0 bridgehead atoms. The first kappa shape index (κ1) is 9.23. The van der Waals surface area contributed by atoms with Crippen LogP contribution < -0.4 is 5.32 Å². The molecule has 0 spiro atoms. The standard InChI is InChI=1S/C7H5BrN2OS/c8-5-1-4-12-6(5)7(11)10-3-2-9/h1,4H,3H2,(H,10,11). The molecule has 1 aromatic heterocycles. The molecule has 0 unspecified atom stereocenters. The van der Waals surface area contributed by atoms with Gasteiger partial charge in [0, 0.05) is 4.47 Å². The molecule has 0 atom stereocenters. The van der Waals surface area contributed by atoms with Crippen molar-refractivity contribution in [2.45, 2.75) is 0 Å². The van der Waals surface area contributed by atoms with E-state index in [0.717, 1.165) is 4.47 Å². The Kier molecular flexibility index (Phi) is 3.26. The lowest BCUT2D eigenvalue weighted by Crippen LogP contribution is -2.22. The zero-order valence-electron chi connectivity index (χ0n) is 6.00. The number of amides is 1. The first-order chi connectivity index (χ1) is 5.75. The highest BCUT2D eigenvalue weighted by atomic mass is 79.9. The number of nitriles is 1. The Bertz CT molecular complexity index is 328. The molecule has 1 N–H and O–H groups in total. The van der Waals surface area contributed by atoms with Crippen LogP contribution in [0.4, 0.5) is 0 Å². The number of hydrogen-bond donors (Lipinski definition) is 1. The monoisotopic (exact) mass is 244 g/mol. The summed E-state index contributed by atoms with van der Waals surface area (Å²) < 4.78 is 0.767. The number of nitrogens with zero attached hydrogens (tertiary/aromatic N) is 1. The number of rotatable bonds is 2. The maximum Gasteiger partial charge on any atom is 0.263 e. The van der Waals surface area contributed by atoms with Gasteiger partial charge in [-0.1, -0.05) is 0 Å². The van der Waals surface area contributed by atoms with Crippen molar-refractivity contribution in [3.05, 3.63) is 20.8 Å². The van der Waals surface area contributed by atoms with Crippen LogP contribution in [-0.4, -0.2) is 12.5 Å². The molecule has 0 saturated carbocycles. The Morgan fingerprint density at radius 2 is 2.58 bits per heavy atom. The van der Waals surface area contributed by atoms with Crippen molar-refractivity contribution in [2.24, 2.45) is 0 Å². The fourth-order valence-electron chi connectivity index (χ4n) is 0.656. The van der Waals surface area contributed by atoms with Gasteiger partial charge in [-0.3, -0.25) is 4.79 Å². The summed E-state index contributed by atoms with van der Waals surface area (Å²) in [5.41, 5.74) is 0. The zero-order chi connectivity index (χ0) is 8.97. The number of carbonyl (C=O) groups excluding carboxylic acids is 1. The molecule has 1 amide bonds. The van der Waals surface area contributed by atoms with Gasteiger partial charge >= 0.3 is 0 Å². The van der Waals surface area contributed by atoms with E-state index >= 15 is 0 Å². The van der Waals surface area contributed by atoms with E-state index in [2.05, 4.69) is 21.2 Å². The lowest BCUT2D eigenvalue weighted by molar-refractivity contribution is 0.0962. The van der Waals surface area contributed by atoms with Crippen LogP contribution in [0.2, 0.25) is 0 Å². The van der Waals surface area contributed by atoms with Crippen LogP contribution in [0.15, 0.2) is 15.9 Å². The average Bonchev–Trinajstić information content (AvgIpc) is 2.47. The second kappa shape index (κ2) is 4.24. The van der Waals surface area contributed by atoms with Crippen LogP contribution in [0.25, 0.3) is 0 Å². The Hall–Kier alpha value is -0.860. The number of hydrogen-bond acceptors (Lipinski definition) is 3. The molecule has 12 heavy (non-hydrogen) atoms. The number of thiophene rings is 1. The number of carbonyl (C=O) groups is 1. The van der Waals surface area contributed by atoms with E-state index in [1.54, 1.807) is 6.07 Å². The van der Waals surface area contributed by atoms with Crippen LogP contribution in [-0.2, 0) is 0 Å². The highest BCUT2D eigenvalue weighted by Crippen LogP contribution is 2.21. The van der Waals surface area contributed by atoms with Gasteiger partial charge in [0.05, 0.1) is 6.07 Å². The van der Waals surface area contributed by atoms with Crippen molar-refractivity contribution in [3.8, 4) is 6.07 Å². The largest absolute Gasteiger partial charge is 0.338 e. The van der Waals surface area contributed by atoms with Gasteiger partial charge in [-0.15, -0.1) is 11.3 Å². The van der Waals surface area contributed by atoms with E-state index in [0.29, 0.717) is 4.88 Å². The summed E-state index contributed by atoms with van der Waals surface area (Å²) in [6, 6.07) is 3.63. The lowest BCUT2D eigenvalue weighted by atomic mass is 10.4. The van der Waals surface area contributed by atoms with Crippen molar-refractivity contribution in [1.82, 2.24) is 5.32 Å². The molecule has 0 aliphatic carbocycles. The highest BCUT2D eigenvalue weighted by molar-refractivity contribution is 9.10. The van der Waals surface area contributed by atoms with Crippen LogP contribution in [0, 0.1) is 11.3 Å². The molecule has 62 valence electrons. The van der Waals surface area contributed by atoms with Crippen molar-refractivity contribution in [2.75, 3.05) is 6.54 Å². The van der Waals surface area contributed by atoms with Crippen molar-refractivity contribution in [3.63, 3.8) is 0 Å². The zero-order valence-corrected chi connectivity index (χ0v) is 8.41. The minimum atomic E-state index is -0.210. The summed E-state index contributed by atoms with van der Waals surface area (Å²) in [4.78, 5) is 11.8. The molecule has 1 heterocycles. The van der Waals surface area contributed by atoms with Gasteiger partial charge < -0.3 is 5.32 Å². The van der Waals surface area contributed by atoms with E-state index in [9.17, 15) is 4.79 Å². The van der Waals surface area contributed by atoms with E-state index in [1.807, 2.05) is 11.4 Å². The molecular weight excluding hydrogens is 240 g/mol. The fraction of sp³-hybridized carbons (Fsp3) is 0.143. The molecule has 0 fully saturated rings. The second-order valence-electron chi connectivity index (χ2n) is 1.94. The number of nitrogens with one attached hydrogen (secondary N) is 1. The average molecular weight is 245 g/mol. The molecule has 5 heteroatoms. The Morgan fingerprint density at radius 3 is 3.08 bits per heavy atom. The minimum absolute atomic E-state index is 0.0448. The second-order valence-corrected chi connectivity index (χ2v) is 3.71. The summed E-state index contributed by atoms with van der Waals surface area (Å²) in [6.07, 6.45) is 0. The van der Waals surface area contributed by atoms with E-state index in [1.165, 1.54) is 11.3 Å². The first-order valence-electron chi connectivity index (χ1n) is 3.14. The van der Waals surface area contributed by atoms with Gasteiger partial charge in [-0.05, 0) is 27.4 Å². The quantitative estimate of drug-likeness (QED) is 0.807. The third-order valence-corrected chi connectivity index (χ3v) is 2.99. The molecule has 0 radical (unpaired) electrons. The van der Waals surface area contributed by atoms with E-state index in [-0.39, 0.29) is 12.5 Å². The third kappa shape index (κ3) is 2.06. The molecule has 3 nitrogen and oxygen atoms in total. The van der Waals surface area contributed by atoms with Gasteiger partial charge in [-0.25, -0.2) is 0 Å². The summed E-state index contributed by atoms with van der Waals surface area (Å²) in [7, 11) is 0. The van der Waals surface area contributed by atoms with Gasteiger partial charge in [0.15, 0.2) is 0 Å². The summed E-state index contributed by atoms with van der Waals surface area (Å²) in [5.74, 6) is -0.210. The maximum absolute atomic E-state index is 11.2. The van der Waals surface area contributed by atoms with Gasteiger partial charge in [0.25, 0.3) is 5.91 Å². The Balaban J connectivity index is 2.67. The molecule has 0 aliphatic heterocycles. The third-order valence-electron chi connectivity index (χ3n) is 1.15. The van der Waals surface area contributed by atoms with E-state index < -0.39 is 0 Å². The van der Waals surface area contributed by atoms with Gasteiger partial charge in [-0.2, -0.15) is 5.26 Å². The maximum atomic E-state index is 11.2. The predicted molar refractivity (Wildman–Crippen MR) is 50.0 cm³/mol. The summed E-state index contributed by atoms with van der Waals surface area (Å²) in [5, 5.41) is 12.5. The van der Waals surface area contributed by atoms with Gasteiger partial charge in [0.2, 0.25) is 0 Å². The first-order valence-corrected chi connectivity index (χ1v) is 4.81. The number of halogens is 1. The summed E-state index contributed by atoms with van der Waals surface area (Å²) in [6.45, 7) is 0.0448. The lowest BCUT2D eigenvalue weighted by Gasteiger charge is -1.96. The topological polar surface area (TPSA) is 52.9 Å². The molecule has 0 aromatic carbocycles. The van der Waals surface area contributed by atoms with E-state index in [4.69, 9.17) is 5.26 Å². The molecule has 0 saturated heterocycles. The van der Waals surface area contributed by atoms with Crippen LogP contribution in [0.3, 0.4) is 0 Å². The minimum Gasteiger partial charge on any atom is -0.338 e. The van der Waals surface area contributed by atoms with Crippen molar-refractivity contribution in [1.29, 1.82) is 5.26 Å². The normalized spacial score (nSPS) is 9.00. The summed E-state index contributed by atoms with van der Waals surface area (Å²) >= 11 is 4.57. The molecular formula is C7H5BrN2OS. The Labute approximate surface area is 82.1 Å². The smallest absolute Gasteiger partial charge is 0.263 e. The van der Waals surface area contributed by atoms with Gasteiger partial charge in [0.1, 0.15) is 11.4 Å². The molecule has 0 aliphatic rings. The van der Waals surface area contributed by atoms with Crippen molar-refractivity contribution >= 4 is 33.2 Å². The van der Waals surface area contributed by atoms with Crippen LogP contribution in [0.1, 0.15) is 9.67 Å². The van der Waals surface area contributed by atoms with Crippen LogP contribution in [0.5, 0.6) is 0 Å². The van der Waals surface area contributed by atoms with Crippen molar-refractivity contribution < 1.29 is 4.79 Å². The molecule has 1 aromatic rings. The fourth-order valence-corrected chi connectivity index (χ4v) is 2.12. The SMILES string of the molecule is N#CCNC(=O)c1sccc1Br. The predicted octanol–water partition coefficient (Wildman–Crippen LogP) is 1.76.